The minimum absolute atomic E-state index is 0.0917. The molecule has 23 heavy (non-hydrogen) atoms. The SMILES string of the molecule is O=C(Cc1ccncc1)NC1=NN(c2ccc(Cl)c(Cl)c2)CC1. The van der Waals surface area contributed by atoms with Gasteiger partial charge >= 0.3 is 0 Å². The Hall–Kier alpha value is -2.11. The summed E-state index contributed by atoms with van der Waals surface area (Å²) >= 11 is 11.9. The highest BCUT2D eigenvalue weighted by atomic mass is 35.5. The number of hydrazone groups is 1. The first-order valence-corrected chi connectivity index (χ1v) is 7.86. The quantitative estimate of drug-likeness (QED) is 0.925. The van der Waals surface area contributed by atoms with Crippen molar-refractivity contribution in [1.29, 1.82) is 0 Å². The Morgan fingerprint density at radius 2 is 1.96 bits per heavy atom. The van der Waals surface area contributed by atoms with Crippen LogP contribution in [0.5, 0.6) is 0 Å². The van der Waals surface area contributed by atoms with Gasteiger partial charge in [0.2, 0.25) is 5.91 Å². The molecule has 0 atom stereocenters. The average molecular weight is 349 g/mol. The lowest BCUT2D eigenvalue weighted by molar-refractivity contribution is -0.119. The molecule has 0 bridgehead atoms. The van der Waals surface area contributed by atoms with Crippen molar-refractivity contribution in [2.45, 2.75) is 12.8 Å². The highest BCUT2D eigenvalue weighted by Gasteiger charge is 2.18. The van der Waals surface area contributed by atoms with Gasteiger partial charge < -0.3 is 5.32 Å². The molecular weight excluding hydrogens is 335 g/mol. The molecule has 0 aliphatic carbocycles. The number of hydrogen-bond acceptors (Lipinski definition) is 4. The molecule has 0 spiro atoms. The molecule has 1 aliphatic heterocycles. The van der Waals surface area contributed by atoms with Crippen molar-refractivity contribution in [2.24, 2.45) is 5.10 Å². The third-order valence-corrected chi connectivity index (χ3v) is 4.14. The van der Waals surface area contributed by atoms with Crippen LogP contribution in [0.15, 0.2) is 47.8 Å². The summed E-state index contributed by atoms with van der Waals surface area (Å²) in [6.07, 6.45) is 4.31. The van der Waals surface area contributed by atoms with Crippen molar-refractivity contribution in [3.8, 4) is 0 Å². The molecule has 1 aromatic carbocycles. The fraction of sp³-hybridized carbons (Fsp3) is 0.188. The molecule has 1 aromatic heterocycles. The number of pyridine rings is 1. The van der Waals surface area contributed by atoms with E-state index >= 15 is 0 Å². The number of amidine groups is 1. The highest BCUT2D eigenvalue weighted by Crippen LogP contribution is 2.28. The van der Waals surface area contributed by atoms with Crippen molar-refractivity contribution in [1.82, 2.24) is 10.3 Å². The summed E-state index contributed by atoms with van der Waals surface area (Å²) in [6, 6.07) is 8.97. The lowest BCUT2D eigenvalue weighted by atomic mass is 10.2. The van der Waals surface area contributed by atoms with Gasteiger partial charge in [0.05, 0.1) is 22.2 Å². The molecule has 0 unspecified atom stereocenters. The Balaban J connectivity index is 1.63. The first-order chi connectivity index (χ1) is 11.1. The minimum atomic E-state index is -0.0917. The minimum Gasteiger partial charge on any atom is -0.312 e. The van der Waals surface area contributed by atoms with Gasteiger partial charge in [-0.1, -0.05) is 23.2 Å². The van der Waals surface area contributed by atoms with E-state index in [1.54, 1.807) is 29.5 Å². The van der Waals surface area contributed by atoms with Gasteiger partial charge in [-0.15, -0.1) is 0 Å². The summed E-state index contributed by atoms with van der Waals surface area (Å²) in [5.41, 5.74) is 1.76. The van der Waals surface area contributed by atoms with Crippen LogP contribution in [0, 0.1) is 0 Å². The number of amides is 1. The van der Waals surface area contributed by atoms with E-state index in [2.05, 4.69) is 15.4 Å². The Labute approximate surface area is 143 Å². The molecular formula is C16H14Cl2N4O. The van der Waals surface area contributed by atoms with E-state index in [1.807, 2.05) is 18.2 Å². The molecule has 0 saturated heterocycles. The zero-order valence-electron chi connectivity index (χ0n) is 12.2. The van der Waals surface area contributed by atoms with Gasteiger partial charge in [-0.25, -0.2) is 0 Å². The van der Waals surface area contributed by atoms with Crippen molar-refractivity contribution in [2.75, 3.05) is 11.6 Å². The molecule has 3 rings (SSSR count). The van der Waals surface area contributed by atoms with E-state index in [4.69, 9.17) is 23.2 Å². The van der Waals surface area contributed by atoms with Crippen molar-refractivity contribution >= 4 is 40.6 Å². The van der Waals surface area contributed by atoms with Gasteiger partial charge in [0, 0.05) is 25.4 Å². The van der Waals surface area contributed by atoms with Crippen LogP contribution >= 0.6 is 23.2 Å². The fourth-order valence-electron chi connectivity index (χ4n) is 2.27. The molecule has 7 heteroatoms. The summed E-state index contributed by atoms with van der Waals surface area (Å²) in [4.78, 5) is 16.0. The van der Waals surface area contributed by atoms with Gasteiger partial charge in [-0.3, -0.25) is 14.8 Å². The number of hydrogen-bond donors (Lipinski definition) is 1. The molecule has 2 heterocycles. The smallest absolute Gasteiger partial charge is 0.229 e. The van der Waals surface area contributed by atoms with E-state index < -0.39 is 0 Å². The van der Waals surface area contributed by atoms with Crippen molar-refractivity contribution in [3.63, 3.8) is 0 Å². The first-order valence-electron chi connectivity index (χ1n) is 7.10. The maximum absolute atomic E-state index is 12.0. The number of nitrogens with zero attached hydrogens (tertiary/aromatic N) is 3. The van der Waals surface area contributed by atoms with Crippen LogP contribution in [0.25, 0.3) is 0 Å². The fourth-order valence-corrected chi connectivity index (χ4v) is 2.56. The Kier molecular flexibility index (Phi) is 4.79. The summed E-state index contributed by atoms with van der Waals surface area (Å²) < 4.78 is 0. The number of benzene rings is 1. The number of aromatic nitrogens is 1. The van der Waals surface area contributed by atoms with Crippen LogP contribution in [0.1, 0.15) is 12.0 Å². The molecule has 0 saturated carbocycles. The molecule has 1 N–H and O–H groups in total. The summed E-state index contributed by atoms with van der Waals surface area (Å²) in [6.45, 7) is 0.683. The number of anilines is 1. The summed E-state index contributed by atoms with van der Waals surface area (Å²) in [7, 11) is 0. The second kappa shape index (κ2) is 6.98. The molecule has 1 amide bonds. The van der Waals surface area contributed by atoms with Gasteiger partial charge in [0.1, 0.15) is 5.84 Å². The molecule has 0 fully saturated rings. The Morgan fingerprint density at radius 3 is 2.70 bits per heavy atom. The maximum atomic E-state index is 12.0. The summed E-state index contributed by atoms with van der Waals surface area (Å²) in [5.74, 6) is 0.557. The van der Waals surface area contributed by atoms with Gasteiger partial charge in [0.15, 0.2) is 0 Å². The third kappa shape index (κ3) is 4.00. The number of carbonyl (C=O) groups is 1. The normalized spacial score (nSPS) is 13.8. The Morgan fingerprint density at radius 1 is 1.17 bits per heavy atom. The second-order valence-corrected chi connectivity index (χ2v) is 5.91. The van der Waals surface area contributed by atoms with Crippen LogP contribution < -0.4 is 10.3 Å². The van der Waals surface area contributed by atoms with Gasteiger partial charge in [0.25, 0.3) is 0 Å². The maximum Gasteiger partial charge on any atom is 0.229 e. The molecule has 2 aromatic rings. The predicted molar refractivity (Wildman–Crippen MR) is 91.9 cm³/mol. The van der Waals surface area contributed by atoms with Crippen molar-refractivity contribution < 1.29 is 4.79 Å². The molecule has 118 valence electrons. The standard InChI is InChI=1S/C16H14Cl2N4O/c17-13-2-1-12(10-14(13)18)22-8-5-15(21-22)20-16(23)9-11-3-6-19-7-4-11/h1-4,6-7,10H,5,8-9H2,(H,20,21,23). The monoisotopic (exact) mass is 348 g/mol. The van der Waals surface area contributed by atoms with Crippen LogP contribution in [-0.2, 0) is 11.2 Å². The largest absolute Gasteiger partial charge is 0.312 e. The molecule has 0 radical (unpaired) electrons. The van der Waals surface area contributed by atoms with Gasteiger partial charge in [-0.05, 0) is 35.9 Å². The van der Waals surface area contributed by atoms with E-state index in [0.29, 0.717) is 35.3 Å². The van der Waals surface area contributed by atoms with Crippen molar-refractivity contribution in [3.05, 3.63) is 58.3 Å². The van der Waals surface area contributed by atoms with Crippen LogP contribution in [0.2, 0.25) is 10.0 Å². The van der Waals surface area contributed by atoms with Crippen LogP contribution in [0.3, 0.4) is 0 Å². The molecule has 5 nitrogen and oxygen atoms in total. The van der Waals surface area contributed by atoms with Crippen LogP contribution in [0.4, 0.5) is 5.69 Å². The third-order valence-electron chi connectivity index (χ3n) is 3.40. The zero-order chi connectivity index (χ0) is 16.2. The summed E-state index contributed by atoms with van der Waals surface area (Å²) in [5, 5.41) is 10.0. The first kappa shape index (κ1) is 15.8. The second-order valence-electron chi connectivity index (χ2n) is 5.10. The number of halogens is 2. The van der Waals surface area contributed by atoms with Crippen LogP contribution in [-0.4, -0.2) is 23.3 Å². The highest BCUT2D eigenvalue weighted by molar-refractivity contribution is 6.42. The molecule has 1 aliphatic rings. The van der Waals surface area contributed by atoms with E-state index in [-0.39, 0.29) is 5.91 Å². The Bertz CT molecular complexity index is 749. The van der Waals surface area contributed by atoms with Gasteiger partial charge in [-0.2, -0.15) is 5.10 Å². The number of nitrogens with one attached hydrogen (secondary N) is 1. The predicted octanol–water partition coefficient (Wildman–Crippen LogP) is 3.27. The zero-order valence-corrected chi connectivity index (χ0v) is 13.7. The van der Waals surface area contributed by atoms with E-state index in [9.17, 15) is 4.79 Å². The van der Waals surface area contributed by atoms with E-state index in [0.717, 1.165) is 11.3 Å². The lowest BCUT2D eigenvalue weighted by Crippen LogP contribution is -2.30. The lowest BCUT2D eigenvalue weighted by Gasteiger charge is -2.13. The van der Waals surface area contributed by atoms with E-state index in [1.165, 1.54) is 0 Å². The number of carbonyl (C=O) groups excluding carboxylic acids is 1. The number of rotatable bonds is 3. The average Bonchev–Trinajstić information content (AvgIpc) is 2.99. The topological polar surface area (TPSA) is 57.6 Å².